The lowest BCUT2D eigenvalue weighted by Gasteiger charge is -2.24. The van der Waals surface area contributed by atoms with Crippen molar-refractivity contribution in [2.75, 3.05) is 26.0 Å². The topological polar surface area (TPSA) is 50.4 Å². The zero-order chi connectivity index (χ0) is 15.8. The molecule has 2 N–H and O–H groups in total. The summed E-state index contributed by atoms with van der Waals surface area (Å²) in [4.78, 5) is 13.5. The van der Waals surface area contributed by atoms with Crippen LogP contribution in [-0.2, 0) is 9.53 Å². The third-order valence-electron chi connectivity index (χ3n) is 3.92. The number of carbonyl (C=O) groups is 1. The second kappa shape index (κ2) is 9.18. The number of amides is 1. The van der Waals surface area contributed by atoms with E-state index in [0.29, 0.717) is 0 Å². The first-order valence-electron chi connectivity index (χ1n) is 7.96. The van der Waals surface area contributed by atoms with Gasteiger partial charge in [0.25, 0.3) is 0 Å². The average molecular weight is 322 g/mol. The van der Waals surface area contributed by atoms with Crippen LogP contribution in [0.15, 0.2) is 29.2 Å². The molecule has 0 radical (unpaired) electrons. The van der Waals surface area contributed by atoms with Crippen molar-refractivity contribution in [2.45, 2.75) is 43.2 Å². The number of methoxy groups -OCH3 is 1. The van der Waals surface area contributed by atoms with Crippen molar-refractivity contribution >= 4 is 17.7 Å². The third kappa shape index (κ3) is 5.30. The van der Waals surface area contributed by atoms with Gasteiger partial charge in [0.05, 0.1) is 18.7 Å². The molecule has 5 heteroatoms. The van der Waals surface area contributed by atoms with Crippen LogP contribution in [0.2, 0.25) is 0 Å². The number of nitrogens with one attached hydrogen (secondary N) is 2. The molecule has 0 aliphatic carbocycles. The molecule has 1 aliphatic rings. The third-order valence-corrected chi connectivity index (χ3v) is 4.90. The van der Waals surface area contributed by atoms with Crippen LogP contribution in [0, 0.1) is 0 Å². The molecule has 2 rings (SSSR count). The highest BCUT2D eigenvalue weighted by Gasteiger charge is 2.21. The van der Waals surface area contributed by atoms with Gasteiger partial charge in [0.2, 0.25) is 5.91 Å². The Morgan fingerprint density at radius 2 is 2.18 bits per heavy atom. The van der Waals surface area contributed by atoms with Crippen molar-refractivity contribution < 1.29 is 9.53 Å². The molecule has 1 aromatic carbocycles. The fourth-order valence-corrected chi connectivity index (χ4v) is 3.38. The lowest BCUT2D eigenvalue weighted by Crippen LogP contribution is -2.47. The minimum absolute atomic E-state index is 0.0277. The van der Waals surface area contributed by atoms with Crippen LogP contribution in [0.4, 0.5) is 0 Å². The molecular formula is C17H26N2O2S. The fourth-order valence-electron chi connectivity index (χ4n) is 2.57. The molecule has 22 heavy (non-hydrogen) atoms. The summed E-state index contributed by atoms with van der Waals surface area (Å²) in [5.74, 6) is 1.07. The van der Waals surface area contributed by atoms with Crippen molar-refractivity contribution in [3.63, 3.8) is 0 Å². The first-order valence-corrected chi connectivity index (χ1v) is 8.94. The van der Waals surface area contributed by atoms with Gasteiger partial charge in [-0.3, -0.25) is 4.79 Å². The standard InChI is InChI=1S/C17H26N2O2S/c1-13(19-17(20)16-5-3-4-10-18-16)14-6-8-15(9-7-14)22-12-11-21-2/h6-9,13,16,18H,3-5,10-12H2,1-2H3,(H,19,20)/t13-,16+/m0/s1. The number of benzene rings is 1. The summed E-state index contributed by atoms with van der Waals surface area (Å²) in [6.45, 7) is 3.74. The van der Waals surface area contributed by atoms with Crippen molar-refractivity contribution in [3.05, 3.63) is 29.8 Å². The highest BCUT2D eigenvalue weighted by Crippen LogP contribution is 2.21. The quantitative estimate of drug-likeness (QED) is 0.599. The van der Waals surface area contributed by atoms with Gasteiger partial charge in [-0.25, -0.2) is 0 Å². The number of hydrogen-bond donors (Lipinski definition) is 2. The maximum Gasteiger partial charge on any atom is 0.237 e. The van der Waals surface area contributed by atoms with Crippen LogP contribution in [0.25, 0.3) is 0 Å². The van der Waals surface area contributed by atoms with Gasteiger partial charge in [-0.15, -0.1) is 11.8 Å². The molecule has 122 valence electrons. The Kier molecular flexibility index (Phi) is 7.22. The predicted molar refractivity (Wildman–Crippen MR) is 91.2 cm³/mol. The Balaban J connectivity index is 1.83. The van der Waals surface area contributed by atoms with Crippen LogP contribution in [0.5, 0.6) is 0 Å². The average Bonchev–Trinajstić information content (AvgIpc) is 2.56. The Morgan fingerprint density at radius 1 is 1.41 bits per heavy atom. The predicted octanol–water partition coefficient (Wildman–Crippen LogP) is 2.74. The Labute approximate surface area is 137 Å². The van der Waals surface area contributed by atoms with Crippen LogP contribution < -0.4 is 10.6 Å². The fraction of sp³-hybridized carbons (Fsp3) is 0.588. The number of carbonyl (C=O) groups excluding carboxylic acids is 1. The van der Waals surface area contributed by atoms with Gasteiger partial charge in [0.1, 0.15) is 0 Å². The Bertz CT molecular complexity index is 458. The summed E-state index contributed by atoms with van der Waals surface area (Å²) in [6, 6.07) is 8.41. The number of thioether (sulfide) groups is 1. The number of hydrogen-bond acceptors (Lipinski definition) is 4. The Morgan fingerprint density at radius 3 is 2.82 bits per heavy atom. The molecular weight excluding hydrogens is 296 g/mol. The van der Waals surface area contributed by atoms with Gasteiger partial charge in [-0.05, 0) is 44.0 Å². The van der Waals surface area contributed by atoms with Crippen molar-refractivity contribution in [1.82, 2.24) is 10.6 Å². The molecule has 1 amide bonds. The molecule has 4 nitrogen and oxygen atoms in total. The first-order chi connectivity index (χ1) is 10.7. The number of ether oxygens (including phenoxy) is 1. The summed E-state index contributed by atoms with van der Waals surface area (Å²) in [5, 5.41) is 6.40. The van der Waals surface area contributed by atoms with Crippen molar-refractivity contribution in [2.24, 2.45) is 0 Å². The van der Waals surface area contributed by atoms with Crippen molar-refractivity contribution in [3.8, 4) is 0 Å². The summed E-state index contributed by atoms with van der Waals surface area (Å²) in [5.41, 5.74) is 1.14. The minimum atomic E-state index is -0.0277. The van der Waals surface area contributed by atoms with Gasteiger partial charge in [0.15, 0.2) is 0 Å². The van der Waals surface area contributed by atoms with E-state index in [1.54, 1.807) is 18.9 Å². The molecule has 0 spiro atoms. The van der Waals surface area contributed by atoms with E-state index in [2.05, 4.69) is 34.9 Å². The number of piperidine rings is 1. The van der Waals surface area contributed by atoms with Gasteiger partial charge in [-0.1, -0.05) is 18.6 Å². The molecule has 1 aliphatic heterocycles. The smallest absolute Gasteiger partial charge is 0.237 e. The Hall–Kier alpha value is -1.04. The molecule has 1 aromatic rings. The SMILES string of the molecule is COCCSc1ccc([C@H](C)NC(=O)[C@H]2CCCCN2)cc1. The summed E-state index contributed by atoms with van der Waals surface area (Å²) in [6.07, 6.45) is 3.24. The second-order valence-corrected chi connectivity index (χ2v) is 6.81. The maximum atomic E-state index is 12.2. The highest BCUT2D eigenvalue weighted by molar-refractivity contribution is 7.99. The summed E-state index contributed by atoms with van der Waals surface area (Å²) in [7, 11) is 1.72. The van der Waals surface area contributed by atoms with Crippen LogP contribution in [0.3, 0.4) is 0 Å². The summed E-state index contributed by atoms with van der Waals surface area (Å²) >= 11 is 1.78. The lowest BCUT2D eigenvalue weighted by atomic mass is 10.0. The highest BCUT2D eigenvalue weighted by atomic mass is 32.2. The zero-order valence-corrected chi connectivity index (χ0v) is 14.2. The van der Waals surface area contributed by atoms with Crippen molar-refractivity contribution in [1.29, 1.82) is 0 Å². The van der Waals surface area contributed by atoms with E-state index in [4.69, 9.17) is 4.74 Å². The lowest BCUT2D eigenvalue weighted by molar-refractivity contribution is -0.124. The largest absolute Gasteiger partial charge is 0.384 e. The van der Waals surface area contributed by atoms with E-state index >= 15 is 0 Å². The monoisotopic (exact) mass is 322 g/mol. The van der Waals surface area contributed by atoms with E-state index in [9.17, 15) is 4.79 Å². The molecule has 0 unspecified atom stereocenters. The van der Waals surface area contributed by atoms with E-state index in [1.165, 1.54) is 11.3 Å². The molecule has 1 heterocycles. The maximum absolute atomic E-state index is 12.2. The van der Waals surface area contributed by atoms with Crippen LogP contribution >= 0.6 is 11.8 Å². The van der Waals surface area contributed by atoms with Gasteiger partial charge < -0.3 is 15.4 Å². The molecule has 2 atom stereocenters. The van der Waals surface area contributed by atoms with Gasteiger partial charge in [0, 0.05) is 17.8 Å². The molecule has 0 aromatic heterocycles. The van der Waals surface area contributed by atoms with E-state index in [0.717, 1.165) is 37.3 Å². The minimum Gasteiger partial charge on any atom is -0.384 e. The molecule has 0 saturated carbocycles. The van der Waals surface area contributed by atoms with Crippen LogP contribution in [-0.4, -0.2) is 38.0 Å². The molecule has 0 bridgehead atoms. The molecule has 1 fully saturated rings. The van der Waals surface area contributed by atoms with E-state index in [-0.39, 0.29) is 18.0 Å². The second-order valence-electron chi connectivity index (χ2n) is 5.64. The van der Waals surface area contributed by atoms with Crippen LogP contribution in [0.1, 0.15) is 37.8 Å². The van der Waals surface area contributed by atoms with Gasteiger partial charge in [-0.2, -0.15) is 0 Å². The van der Waals surface area contributed by atoms with E-state index in [1.807, 2.05) is 6.92 Å². The normalized spacial score (nSPS) is 19.6. The first kappa shape index (κ1) is 17.3. The van der Waals surface area contributed by atoms with Gasteiger partial charge >= 0.3 is 0 Å². The zero-order valence-electron chi connectivity index (χ0n) is 13.4. The van der Waals surface area contributed by atoms with E-state index < -0.39 is 0 Å². The molecule has 1 saturated heterocycles. The summed E-state index contributed by atoms with van der Waals surface area (Å²) < 4.78 is 5.05. The number of rotatable bonds is 7.